The Bertz CT molecular complexity index is 735. The fourth-order valence-corrected chi connectivity index (χ4v) is 2.80. The first-order valence-electron chi connectivity index (χ1n) is 6.43. The molecule has 22 heavy (non-hydrogen) atoms. The van der Waals surface area contributed by atoms with Crippen LogP contribution in [0.5, 0.6) is 11.5 Å². The van der Waals surface area contributed by atoms with Gasteiger partial charge in [0.05, 0.1) is 28.9 Å². The molecule has 1 aromatic carbocycles. The first-order chi connectivity index (χ1) is 10.5. The van der Waals surface area contributed by atoms with Gasteiger partial charge in [0.1, 0.15) is 11.5 Å². The van der Waals surface area contributed by atoms with Crippen LogP contribution in [0.15, 0.2) is 39.4 Å². The quantitative estimate of drug-likeness (QED) is 0.521. The minimum atomic E-state index is -0.149. The van der Waals surface area contributed by atoms with Gasteiger partial charge in [0.2, 0.25) is 0 Å². The van der Waals surface area contributed by atoms with Crippen molar-refractivity contribution in [1.29, 1.82) is 0 Å². The fourth-order valence-electron chi connectivity index (χ4n) is 1.98. The Kier molecular flexibility index (Phi) is 5.47. The summed E-state index contributed by atoms with van der Waals surface area (Å²) in [5, 5.41) is 0. The summed E-state index contributed by atoms with van der Waals surface area (Å²) < 4.78 is 14.2. The van der Waals surface area contributed by atoms with Crippen molar-refractivity contribution in [3.63, 3.8) is 0 Å². The third-order valence-electron chi connectivity index (χ3n) is 3.23. The number of hydrogen-bond acceptors (Lipinski definition) is 3. The van der Waals surface area contributed by atoms with Crippen molar-refractivity contribution in [2.75, 3.05) is 14.2 Å². The molecular formula is C16H15Br2NO3. The molecule has 0 unspecified atom stereocenters. The van der Waals surface area contributed by atoms with Gasteiger partial charge < -0.3 is 14.0 Å². The molecule has 0 aliphatic heterocycles. The van der Waals surface area contributed by atoms with Crippen LogP contribution in [-0.4, -0.2) is 24.6 Å². The SMILES string of the molecule is COc1ccc(OC)c(C(=O)/C=C/c2cc(Br)c(Br)n2C)c1. The zero-order valence-corrected chi connectivity index (χ0v) is 15.6. The van der Waals surface area contributed by atoms with Crippen LogP contribution in [-0.2, 0) is 7.05 Å². The fraction of sp³-hybridized carbons (Fsp3) is 0.188. The molecule has 0 spiro atoms. The van der Waals surface area contributed by atoms with Crippen molar-refractivity contribution in [2.24, 2.45) is 7.05 Å². The molecule has 0 bridgehead atoms. The number of carbonyl (C=O) groups is 1. The third-order valence-corrected chi connectivity index (χ3v) is 5.33. The molecule has 1 heterocycles. The summed E-state index contributed by atoms with van der Waals surface area (Å²) in [6.45, 7) is 0. The summed E-state index contributed by atoms with van der Waals surface area (Å²) in [6.07, 6.45) is 3.28. The van der Waals surface area contributed by atoms with Crippen molar-refractivity contribution >= 4 is 43.7 Å². The van der Waals surface area contributed by atoms with E-state index in [2.05, 4.69) is 31.9 Å². The summed E-state index contributed by atoms with van der Waals surface area (Å²) in [5.41, 5.74) is 1.36. The van der Waals surface area contributed by atoms with Crippen LogP contribution < -0.4 is 9.47 Å². The highest BCUT2D eigenvalue weighted by Gasteiger charge is 2.12. The summed E-state index contributed by atoms with van der Waals surface area (Å²) in [7, 11) is 5.00. The minimum Gasteiger partial charge on any atom is -0.497 e. The molecule has 0 atom stereocenters. The lowest BCUT2D eigenvalue weighted by Crippen LogP contribution is -2.00. The van der Waals surface area contributed by atoms with Gasteiger partial charge in [-0.1, -0.05) is 0 Å². The topological polar surface area (TPSA) is 40.5 Å². The number of allylic oxidation sites excluding steroid dienone is 1. The number of aromatic nitrogens is 1. The van der Waals surface area contributed by atoms with Gasteiger partial charge in [-0.25, -0.2) is 0 Å². The molecule has 2 aromatic rings. The second-order valence-corrected chi connectivity index (χ2v) is 6.14. The standard InChI is InChI=1S/C16H15Br2NO3/c1-19-10(8-13(17)16(19)18)4-6-14(20)12-9-11(21-2)5-7-15(12)22-3/h4-9H,1-3H3/b6-4+. The first-order valence-corrected chi connectivity index (χ1v) is 8.01. The van der Waals surface area contributed by atoms with E-state index in [9.17, 15) is 4.79 Å². The van der Waals surface area contributed by atoms with E-state index in [1.54, 1.807) is 31.4 Å². The van der Waals surface area contributed by atoms with Gasteiger partial charge in [0.25, 0.3) is 0 Å². The molecule has 6 heteroatoms. The van der Waals surface area contributed by atoms with Gasteiger partial charge in [-0.3, -0.25) is 4.79 Å². The number of ketones is 1. The second kappa shape index (κ2) is 7.15. The summed E-state index contributed by atoms with van der Waals surface area (Å²) in [5.74, 6) is 0.982. The van der Waals surface area contributed by atoms with Crippen LogP contribution >= 0.6 is 31.9 Å². The maximum atomic E-state index is 12.4. The first kappa shape index (κ1) is 16.8. The van der Waals surface area contributed by atoms with Crippen molar-refractivity contribution in [1.82, 2.24) is 4.57 Å². The Balaban J connectivity index is 2.32. The maximum Gasteiger partial charge on any atom is 0.189 e. The average molecular weight is 429 g/mol. The Labute approximate surface area is 146 Å². The zero-order chi connectivity index (χ0) is 16.3. The Morgan fingerprint density at radius 1 is 1.18 bits per heavy atom. The van der Waals surface area contributed by atoms with Crippen LogP contribution in [0.3, 0.4) is 0 Å². The smallest absolute Gasteiger partial charge is 0.189 e. The summed E-state index contributed by atoms with van der Waals surface area (Å²) in [6, 6.07) is 7.07. The second-order valence-electron chi connectivity index (χ2n) is 4.53. The molecule has 116 valence electrons. The van der Waals surface area contributed by atoms with Crippen LogP contribution in [0.1, 0.15) is 16.1 Å². The lowest BCUT2D eigenvalue weighted by atomic mass is 10.1. The largest absolute Gasteiger partial charge is 0.497 e. The number of rotatable bonds is 5. The van der Waals surface area contributed by atoms with Gasteiger partial charge in [0.15, 0.2) is 5.78 Å². The van der Waals surface area contributed by atoms with Gasteiger partial charge >= 0.3 is 0 Å². The van der Waals surface area contributed by atoms with E-state index in [0.717, 1.165) is 14.8 Å². The molecule has 0 fully saturated rings. The number of ether oxygens (including phenoxy) is 2. The molecule has 4 nitrogen and oxygen atoms in total. The average Bonchev–Trinajstić information content (AvgIpc) is 2.78. The molecule has 0 aliphatic rings. The van der Waals surface area contributed by atoms with Gasteiger partial charge in [-0.2, -0.15) is 0 Å². The molecule has 0 amide bonds. The van der Waals surface area contributed by atoms with Crippen LogP contribution in [0, 0.1) is 0 Å². The van der Waals surface area contributed by atoms with E-state index < -0.39 is 0 Å². The number of methoxy groups -OCH3 is 2. The Morgan fingerprint density at radius 2 is 1.91 bits per heavy atom. The highest BCUT2D eigenvalue weighted by Crippen LogP contribution is 2.28. The van der Waals surface area contributed by atoms with E-state index in [-0.39, 0.29) is 5.78 Å². The number of hydrogen-bond donors (Lipinski definition) is 0. The van der Waals surface area contributed by atoms with Crippen molar-refractivity contribution in [3.8, 4) is 11.5 Å². The van der Waals surface area contributed by atoms with Crippen molar-refractivity contribution in [2.45, 2.75) is 0 Å². The molecule has 0 radical (unpaired) electrons. The highest BCUT2D eigenvalue weighted by atomic mass is 79.9. The van der Waals surface area contributed by atoms with E-state index in [4.69, 9.17) is 9.47 Å². The van der Waals surface area contributed by atoms with Gasteiger partial charge in [0, 0.05) is 12.7 Å². The number of benzene rings is 1. The molecule has 1 aromatic heterocycles. The number of carbonyl (C=O) groups excluding carboxylic acids is 1. The Morgan fingerprint density at radius 3 is 2.45 bits per heavy atom. The monoisotopic (exact) mass is 427 g/mol. The minimum absolute atomic E-state index is 0.149. The van der Waals surface area contributed by atoms with E-state index in [0.29, 0.717) is 17.1 Å². The maximum absolute atomic E-state index is 12.4. The van der Waals surface area contributed by atoms with Crippen LogP contribution in [0.2, 0.25) is 0 Å². The summed E-state index contributed by atoms with van der Waals surface area (Å²) >= 11 is 6.89. The van der Waals surface area contributed by atoms with E-state index >= 15 is 0 Å². The van der Waals surface area contributed by atoms with E-state index in [1.165, 1.54) is 13.2 Å². The highest BCUT2D eigenvalue weighted by molar-refractivity contribution is 9.13. The van der Waals surface area contributed by atoms with Crippen molar-refractivity contribution in [3.05, 3.63) is 50.7 Å². The number of halogens is 2. The lowest BCUT2D eigenvalue weighted by Gasteiger charge is -2.07. The third kappa shape index (κ3) is 3.44. The lowest BCUT2D eigenvalue weighted by molar-refractivity contribution is 0.104. The molecule has 0 saturated heterocycles. The Hall–Kier alpha value is -1.53. The molecule has 0 aliphatic carbocycles. The predicted molar refractivity (Wildman–Crippen MR) is 93.7 cm³/mol. The van der Waals surface area contributed by atoms with Gasteiger partial charge in [-0.15, -0.1) is 0 Å². The van der Waals surface area contributed by atoms with Crippen molar-refractivity contribution < 1.29 is 14.3 Å². The normalized spacial score (nSPS) is 11.0. The zero-order valence-electron chi connectivity index (χ0n) is 12.4. The predicted octanol–water partition coefficient (Wildman–Crippen LogP) is 4.46. The molecule has 0 N–H and O–H groups in total. The number of nitrogens with zero attached hydrogens (tertiary/aromatic N) is 1. The molecule has 0 saturated carbocycles. The van der Waals surface area contributed by atoms with E-state index in [1.807, 2.05) is 17.7 Å². The molecular weight excluding hydrogens is 414 g/mol. The molecule has 2 rings (SSSR count). The summed E-state index contributed by atoms with van der Waals surface area (Å²) in [4.78, 5) is 12.4. The van der Waals surface area contributed by atoms with Gasteiger partial charge in [-0.05, 0) is 68.3 Å². The van der Waals surface area contributed by atoms with Crippen LogP contribution in [0.4, 0.5) is 0 Å². The van der Waals surface area contributed by atoms with Crippen LogP contribution in [0.25, 0.3) is 6.08 Å².